The van der Waals surface area contributed by atoms with Crippen LogP contribution in [0.5, 0.6) is 0 Å². The number of nitrogens with zero attached hydrogens (tertiary/aromatic N) is 2. The van der Waals surface area contributed by atoms with Gasteiger partial charge in [0.1, 0.15) is 0 Å². The highest BCUT2D eigenvalue weighted by atomic mass is 32.1. The first-order valence-corrected chi connectivity index (χ1v) is 7.89. The minimum atomic E-state index is 0.117. The molecule has 0 aliphatic carbocycles. The summed E-state index contributed by atoms with van der Waals surface area (Å²) in [6.07, 6.45) is 4.15. The van der Waals surface area contributed by atoms with Crippen LogP contribution < -0.4 is 0 Å². The molecule has 2 aliphatic heterocycles. The van der Waals surface area contributed by atoms with Gasteiger partial charge in [0.2, 0.25) is 0 Å². The Hall–Kier alpha value is -1.68. The van der Waals surface area contributed by atoms with Gasteiger partial charge in [-0.25, -0.2) is 4.98 Å². The van der Waals surface area contributed by atoms with Gasteiger partial charge in [-0.3, -0.25) is 4.79 Å². The van der Waals surface area contributed by atoms with Crippen molar-refractivity contribution < 1.29 is 4.79 Å². The Morgan fingerprint density at radius 3 is 2.65 bits per heavy atom. The maximum absolute atomic E-state index is 12.8. The van der Waals surface area contributed by atoms with Crippen LogP contribution in [0.15, 0.2) is 36.4 Å². The van der Waals surface area contributed by atoms with E-state index < -0.39 is 0 Å². The minimum Gasteiger partial charge on any atom is -0.330 e. The average molecular weight is 284 g/mol. The summed E-state index contributed by atoms with van der Waals surface area (Å²) >= 11 is 1.51. The lowest BCUT2D eigenvalue weighted by atomic mass is 9.98. The molecule has 0 saturated carbocycles. The van der Waals surface area contributed by atoms with Gasteiger partial charge in [-0.15, -0.1) is 11.3 Å². The SMILES string of the molecule is C=C1CC2CCC(C1)N2C(=O)c1nc2ccccc2s1. The fraction of sp³-hybridized carbons (Fsp3) is 0.375. The summed E-state index contributed by atoms with van der Waals surface area (Å²) in [5.41, 5.74) is 2.22. The van der Waals surface area contributed by atoms with E-state index in [0.717, 1.165) is 35.9 Å². The van der Waals surface area contributed by atoms with Gasteiger partial charge in [-0.05, 0) is 37.8 Å². The van der Waals surface area contributed by atoms with E-state index in [0.29, 0.717) is 17.1 Å². The van der Waals surface area contributed by atoms with Crippen LogP contribution in [-0.4, -0.2) is 27.9 Å². The molecular formula is C16H16N2OS. The lowest BCUT2D eigenvalue weighted by molar-refractivity contribution is 0.0635. The van der Waals surface area contributed by atoms with Crippen LogP contribution in [0.1, 0.15) is 35.5 Å². The van der Waals surface area contributed by atoms with Crippen LogP contribution in [0.25, 0.3) is 10.2 Å². The van der Waals surface area contributed by atoms with Crippen LogP contribution in [0.3, 0.4) is 0 Å². The van der Waals surface area contributed by atoms with Crippen molar-refractivity contribution >= 4 is 27.5 Å². The first-order valence-electron chi connectivity index (χ1n) is 7.07. The van der Waals surface area contributed by atoms with E-state index in [2.05, 4.69) is 16.5 Å². The fourth-order valence-corrected chi connectivity index (χ4v) is 4.43. The topological polar surface area (TPSA) is 33.2 Å². The summed E-state index contributed by atoms with van der Waals surface area (Å²) in [6, 6.07) is 8.64. The standard InChI is InChI=1S/C16H16N2OS/c1-10-8-11-6-7-12(9-10)18(11)16(19)15-17-13-4-2-3-5-14(13)20-15/h2-5,11-12H,1,6-9H2. The molecule has 3 heterocycles. The largest absolute Gasteiger partial charge is 0.330 e. The number of para-hydroxylation sites is 1. The number of amides is 1. The lowest BCUT2D eigenvalue weighted by Gasteiger charge is -2.35. The zero-order valence-electron chi connectivity index (χ0n) is 11.2. The molecule has 1 amide bonds. The van der Waals surface area contributed by atoms with E-state index in [-0.39, 0.29) is 5.91 Å². The van der Waals surface area contributed by atoms with E-state index in [1.807, 2.05) is 24.3 Å². The number of thiazole rings is 1. The Morgan fingerprint density at radius 1 is 1.25 bits per heavy atom. The second-order valence-corrected chi connectivity index (χ2v) is 6.77. The number of carbonyl (C=O) groups excluding carboxylic acids is 1. The zero-order chi connectivity index (χ0) is 13.7. The molecule has 2 saturated heterocycles. The number of hydrogen-bond acceptors (Lipinski definition) is 3. The van der Waals surface area contributed by atoms with Crippen LogP contribution in [0, 0.1) is 0 Å². The lowest BCUT2D eigenvalue weighted by Crippen LogP contribution is -2.44. The number of aromatic nitrogens is 1. The maximum atomic E-state index is 12.8. The molecule has 2 atom stereocenters. The third kappa shape index (κ3) is 1.79. The monoisotopic (exact) mass is 284 g/mol. The molecule has 0 N–H and O–H groups in total. The van der Waals surface area contributed by atoms with Gasteiger partial charge in [0.15, 0.2) is 5.01 Å². The summed E-state index contributed by atoms with van der Waals surface area (Å²) in [4.78, 5) is 19.4. The van der Waals surface area contributed by atoms with Crippen molar-refractivity contribution in [2.24, 2.45) is 0 Å². The summed E-state index contributed by atoms with van der Waals surface area (Å²) in [5, 5.41) is 0.635. The van der Waals surface area contributed by atoms with Crippen molar-refractivity contribution in [2.45, 2.75) is 37.8 Å². The average Bonchev–Trinajstić information content (AvgIpc) is 2.98. The van der Waals surface area contributed by atoms with Gasteiger partial charge >= 0.3 is 0 Å². The quantitative estimate of drug-likeness (QED) is 0.749. The third-order valence-corrected chi connectivity index (χ3v) is 5.40. The molecule has 4 rings (SSSR count). The molecule has 102 valence electrons. The molecule has 2 fully saturated rings. The smallest absolute Gasteiger partial charge is 0.283 e. The van der Waals surface area contributed by atoms with E-state index in [9.17, 15) is 4.79 Å². The molecule has 20 heavy (non-hydrogen) atoms. The van der Waals surface area contributed by atoms with Gasteiger partial charge in [0.25, 0.3) is 5.91 Å². The van der Waals surface area contributed by atoms with Crippen LogP contribution >= 0.6 is 11.3 Å². The predicted molar refractivity (Wildman–Crippen MR) is 81.0 cm³/mol. The van der Waals surface area contributed by atoms with E-state index in [1.165, 1.54) is 16.9 Å². The number of hydrogen-bond donors (Lipinski definition) is 0. The van der Waals surface area contributed by atoms with Crippen LogP contribution in [-0.2, 0) is 0 Å². The van der Waals surface area contributed by atoms with Gasteiger partial charge < -0.3 is 4.90 Å². The molecule has 2 bridgehead atoms. The van der Waals surface area contributed by atoms with Crippen molar-refractivity contribution in [1.82, 2.24) is 9.88 Å². The van der Waals surface area contributed by atoms with Crippen molar-refractivity contribution in [3.05, 3.63) is 41.4 Å². The number of piperidine rings is 1. The van der Waals surface area contributed by atoms with Crippen LogP contribution in [0.2, 0.25) is 0 Å². The highest BCUT2D eigenvalue weighted by molar-refractivity contribution is 7.20. The second kappa shape index (κ2) is 4.42. The molecule has 0 spiro atoms. The Balaban J connectivity index is 1.69. The summed E-state index contributed by atoms with van der Waals surface area (Å²) < 4.78 is 1.09. The molecule has 2 aliphatic rings. The predicted octanol–water partition coefficient (Wildman–Crippen LogP) is 3.62. The van der Waals surface area contributed by atoms with E-state index >= 15 is 0 Å². The number of fused-ring (bicyclic) bond motifs is 3. The first kappa shape index (κ1) is 12.1. The molecule has 2 unspecified atom stereocenters. The minimum absolute atomic E-state index is 0.117. The molecular weight excluding hydrogens is 268 g/mol. The van der Waals surface area contributed by atoms with Crippen molar-refractivity contribution in [3.63, 3.8) is 0 Å². The highest BCUT2D eigenvalue weighted by Crippen LogP contribution is 2.39. The zero-order valence-corrected chi connectivity index (χ0v) is 12.0. The Bertz CT molecular complexity index is 656. The van der Waals surface area contributed by atoms with Crippen molar-refractivity contribution in [3.8, 4) is 0 Å². The molecule has 3 nitrogen and oxygen atoms in total. The Kier molecular flexibility index (Phi) is 2.67. The second-order valence-electron chi connectivity index (χ2n) is 5.74. The first-order chi connectivity index (χ1) is 9.72. The summed E-state index contributed by atoms with van der Waals surface area (Å²) in [6.45, 7) is 4.11. The normalized spacial score (nSPS) is 25.4. The third-order valence-electron chi connectivity index (χ3n) is 4.38. The molecule has 4 heteroatoms. The molecule has 1 aromatic carbocycles. The molecule has 0 radical (unpaired) electrons. The van der Waals surface area contributed by atoms with Crippen LogP contribution in [0.4, 0.5) is 0 Å². The van der Waals surface area contributed by atoms with E-state index in [1.54, 1.807) is 0 Å². The Morgan fingerprint density at radius 2 is 1.95 bits per heavy atom. The molecule has 2 aromatic rings. The Labute approximate surface area is 121 Å². The van der Waals surface area contributed by atoms with Gasteiger partial charge in [0, 0.05) is 12.1 Å². The van der Waals surface area contributed by atoms with Crippen molar-refractivity contribution in [1.29, 1.82) is 0 Å². The van der Waals surface area contributed by atoms with Gasteiger partial charge in [0.05, 0.1) is 10.2 Å². The molecule has 1 aromatic heterocycles. The number of rotatable bonds is 1. The number of carbonyl (C=O) groups is 1. The van der Waals surface area contributed by atoms with Gasteiger partial charge in [-0.1, -0.05) is 24.3 Å². The van der Waals surface area contributed by atoms with Gasteiger partial charge in [-0.2, -0.15) is 0 Å². The summed E-state index contributed by atoms with van der Waals surface area (Å²) in [5.74, 6) is 0.117. The highest BCUT2D eigenvalue weighted by Gasteiger charge is 2.41. The number of benzene rings is 1. The fourth-order valence-electron chi connectivity index (χ4n) is 3.52. The summed E-state index contributed by atoms with van der Waals surface area (Å²) in [7, 11) is 0. The van der Waals surface area contributed by atoms with E-state index in [4.69, 9.17) is 0 Å². The maximum Gasteiger partial charge on any atom is 0.283 e. The van der Waals surface area contributed by atoms with Crippen molar-refractivity contribution in [2.75, 3.05) is 0 Å².